The molecule has 10 nitrogen and oxygen atoms in total. The van der Waals surface area contributed by atoms with Crippen molar-refractivity contribution in [1.82, 2.24) is 25.0 Å². The Kier molecular flexibility index (Phi) is 6.03. The van der Waals surface area contributed by atoms with Gasteiger partial charge in [0.25, 0.3) is 11.1 Å². The van der Waals surface area contributed by atoms with Crippen molar-refractivity contribution in [2.24, 2.45) is 0 Å². The maximum Gasteiger partial charge on any atom is 0.349 e. The molecule has 0 saturated carbocycles. The van der Waals surface area contributed by atoms with E-state index in [0.29, 0.717) is 5.56 Å². The fraction of sp³-hybridized carbons (Fsp3) is 0.0952. The quantitative estimate of drug-likeness (QED) is 0.392. The highest BCUT2D eigenvalue weighted by Gasteiger charge is 2.18. The first-order valence-corrected chi connectivity index (χ1v) is 10.4. The van der Waals surface area contributed by atoms with Gasteiger partial charge in [0.1, 0.15) is 0 Å². The first-order chi connectivity index (χ1) is 15.8. The van der Waals surface area contributed by atoms with Gasteiger partial charge in [0, 0.05) is 6.07 Å². The van der Waals surface area contributed by atoms with E-state index in [-0.39, 0.29) is 27.4 Å². The molecule has 0 aliphatic carbocycles. The zero-order valence-electron chi connectivity index (χ0n) is 17.1. The molecule has 33 heavy (non-hydrogen) atoms. The maximum atomic E-state index is 12.1. The van der Waals surface area contributed by atoms with Crippen LogP contribution in [0.2, 0.25) is 10.0 Å². The average Bonchev–Trinajstić information content (AvgIpc) is 2.79. The number of aromatic nitrogens is 5. The number of H-pyrrole nitrogens is 2. The molecule has 4 N–H and O–H groups in total. The van der Waals surface area contributed by atoms with E-state index in [1.54, 1.807) is 0 Å². The zero-order valence-corrected chi connectivity index (χ0v) is 18.6. The molecule has 12 heteroatoms. The molecule has 4 aromatic rings. The van der Waals surface area contributed by atoms with Crippen molar-refractivity contribution in [3.8, 4) is 28.4 Å². The Bertz CT molecular complexity index is 1520. The summed E-state index contributed by atoms with van der Waals surface area (Å²) in [5.74, 6) is -0.290. The van der Waals surface area contributed by atoms with Gasteiger partial charge in [-0.2, -0.15) is 4.68 Å². The summed E-state index contributed by atoms with van der Waals surface area (Å²) in [5, 5.41) is 10.1. The Labute approximate surface area is 195 Å². The van der Waals surface area contributed by atoms with Gasteiger partial charge in [-0.3, -0.25) is 14.6 Å². The average molecular weight is 487 g/mol. The first kappa shape index (κ1) is 22.3. The van der Waals surface area contributed by atoms with Crippen LogP contribution in [0.4, 0.5) is 5.82 Å². The van der Waals surface area contributed by atoms with E-state index in [2.05, 4.69) is 15.3 Å². The molecule has 0 amide bonds. The Morgan fingerprint density at radius 3 is 2.52 bits per heavy atom. The molecule has 0 aliphatic heterocycles. The number of nitrogens with one attached hydrogen (secondary N) is 2. The zero-order chi connectivity index (χ0) is 23.7. The van der Waals surface area contributed by atoms with Crippen LogP contribution < -0.4 is 27.3 Å². The largest absolute Gasteiger partial charge is 0.434 e. The number of benzene rings is 2. The lowest BCUT2D eigenvalue weighted by Crippen LogP contribution is -2.33. The van der Waals surface area contributed by atoms with Crippen molar-refractivity contribution >= 4 is 29.0 Å². The second-order valence-electron chi connectivity index (χ2n) is 6.90. The van der Waals surface area contributed by atoms with Crippen LogP contribution in [0.25, 0.3) is 16.8 Å². The van der Waals surface area contributed by atoms with Crippen molar-refractivity contribution in [3.05, 3.63) is 89.3 Å². The summed E-state index contributed by atoms with van der Waals surface area (Å²) >= 11 is 12.8. The van der Waals surface area contributed by atoms with E-state index in [1.807, 2.05) is 36.2 Å². The van der Waals surface area contributed by atoms with Gasteiger partial charge in [0.15, 0.2) is 5.75 Å². The van der Waals surface area contributed by atoms with Crippen LogP contribution in [-0.4, -0.2) is 25.0 Å². The molecule has 0 radical (unpaired) electrons. The number of ether oxygens (including phenoxy) is 1. The third-order valence-electron chi connectivity index (χ3n) is 4.70. The number of nitrogen functional groups attached to an aromatic ring is 1. The molecule has 0 unspecified atom stereocenters. The molecular formula is C21H16Cl2N6O4. The normalized spacial score (nSPS) is 10.9. The number of hydrogen-bond acceptors (Lipinski definition) is 7. The first-order valence-electron chi connectivity index (χ1n) is 9.62. The van der Waals surface area contributed by atoms with Crippen LogP contribution in [0.1, 0.15) is 12.5 Å². The smallest absolute Gasteiger partial charge is 0.349 e. The Balaban J connectivity index is 1.78. The Morgan fingerprint density at radius 2 is 1.82 bits per heavy atom. The Morgan fingerprint density at radius 1 is 1.09 bits per heavy atom. The number of nitrogens with zero attached hydrogens (tertiary/aromatic N) is 3. The SMILES string of the molecule is CCc1cccc(-c2cc(=O)[nH]nc2Oc2c(Cl)cc(-n3nc(N)c(=O)[nH]c3=O)cc2Cl)c1. The van der Waals surface area contributed by atoms with Gasteiger partial charge in [-0.1, -0.05) is 54.4 Å². The number of halogens is 2. The summed E-state index contributed by atoms with van der Waals surface area (Å²) in [6, 6.07) is 11.7. The summed E-state index contributed by atoms with van der Waals surface area (Å²) in [6.07, 6.45) is 0.808. The molecule has 2 aromatic carbocycles. The molecule has 4 rings (SSSR count). The molecule has 0 atom stereocenters. The minimum Gasteiger partial charge on any atom is -0.434 e. The molecule has 0 saturated heterocycles. The molecule has 0 aliphatic rings. The topological polar surface area (TPSA) is 149 Å². The van der Waals surface area contributed by atoms with Gasteiger partial charge in [0.2, 0.25) is 11.7 Å². The minimum absolute atomic E-state index is 0.0252. The van der Waals surface area contributed by atoms with E-state index < -0.39 is 22.6 Å². The summed E-state index contributed by atoms with van der Waals surface area (Å²) in [4.78, 5) is 37.6. The molecule has 0 bridgehead atoms. The van der Waals surface area contributed by atoms with Gasteiger partial charge < -0.3 is 10.5 Å². The van der Waals surface area contributed by atoms with Crippen LogP contribution >= 0.6 is 23.2 Å². The molecule has 2 aromatic heterocycles. The second kappa shape index (κ2) is 8.93. The minimum atomic E-state index is -0.824. The fourth-order valence-corrected chi connectivity index (χ4v) is 3.64. The molecule has 168 valence electrons. The van der Waals surface area contributed by atoms with Crippen LogP contribution in [0.5, 0.6) is 11.6 Å². The van der Waals surface area contributed by atoms with Gasteiger partial charge in [-0.25, -0.2) is 9.89 Å². The number of nitrogens with two attached hydrogens (primary N) is 1. The van der Waals surface area contributed by atoms with Gasteiger partial charge in [0.05, 0.1) is 21.3 Å². The Hall–Kier alpha value is -3.89. The third-order valence-corrected chi connectivity index (χ3v) is 5.26. The number of aromatic amines is 2. The summed E-state index contributed by atoms with van der Waals surface area (Å²) in [5.41, 5.74) is 5.84. The molecule has 0 fully saturated rings. The van der Waals surface area contributed by atoms with E-state index in [9.17, 15) is 14.4 Å². The van der Waals surface area contributed by atoms with Crippen molar-refractivity contribution in [2.45, 2.75) is 13.3 Å². The number of hydrogen-bond donors (Lipinski definition) is 3. The lowest BCUT2D eigenvalue weighted by molar-refractivity contribution is 0.456. The molecule has 0 spiro atoms. The maximum absolute atomic E-state index is 12.1. The van der Waals surface area contributed by atoms with Crippen LogP contribution in [0.3, 0.4) is 0 Å². The predicted octanol–water partition coefficient (Wildman–Crippen LogP) is 2.91. The van der Waals surface area contributed by atoms with Crippen LogP contribution in [0.15, 0.2) is 56.8 Å². The van der Waals surface area contributed by atoms with E-state index in [0.717, 1.165) is 22.2 Å². The number of anilines is 1. The fourth-order valence-electron chi connectivity index (χ4n) is 3.09. The summed E-state index contributed by atoms with van der Waals surface area (Å²) in [7, 11) is 0. The predicted molar refractivity (Wildman–Crippen MR) is 125 cm³/mol. The van der Waals surface area contributed by atoms with Gasteiger partial charge in [-0.15, -0.1) is 10.2 Å². The monoisotopic (exact) mass is 486 g/mol. The van der Waals surface area contributed by atoms with Crippen molar-refractivity contribution < 1.29 is 4.74 Å². The summed E-state index contributed by atoms with van der Waals surface area (Å²) < 4.78 is 6.73. The number of rotatable bonds is 5. The van der Waals surface area contributed by atoms with Crippen LogP contribution in [-0.2, 0) is 6.42 Å². The van der Waals surface area contributed by atoms with Gasteiger partial charge in [-0.05, 0) is 29.7 Å². The highest BCUT2D eigenvalue weighted by molar-refractivity contribution is 6.37. The van der Waals surface area contributed by atoms with Crippen molar-refractivity contribution in [2.75, 3.05) is 5.73 Å². The number of aryl methyl sites for hydroxylation is 1. The van der Waals surface area contributed by atoms with Gasteiger partial charge >= 0.3 is 5.69 Å². The van der Waals surface area contributed by atoms with Crippen molar-refractivity contribution in [1.29, 1.82) is 0 Å². The lowest BCUT2D eigenvalue weighted by atomic mass is 10.0. The standard InChI is InChI=1S/C21H16Cl2N6O4/c1-2-10-4-3-5-11(6-10)13-9-16(30)26-27-20(13)33-17-14(22)7-12(8-15(17)23)29-21(32)25-19(31)18(24)28-29/h3-9H,2H2,1H3,(H2,24,28)(H,26,30)(H,25,31,32). The molecule has 2 heterocycles. The van der Waals surface area contributed by atoms with Crippen molar-refractivity contribution in [3.63, 3.8) is 0 Å². The molecular weight excluding hydrogens is 471 g/mol. The van der Waals surface area contributed by atoms with Crippen LogP contribution in [0, 0.1) is 0 Å². The second-order valence-corrected chi connectivity index (χ2v) is 7.72. The van der Waals surface area contributed by atoms with E-state index in [4.69, 9.17) is 33.7 Å². The third kappa shape index (κ3) is 4.52. The van der Waals surface area contributed by atoms with E-state index >= 15 is 0 Å². The lowest BCUT2D eigenvalue weighted by Gasteiger charge is -2.14. The highest BCUT2D eigenvalue weighted by Crippen LogP contribution is 2.39. The summed E-state index contributed by atoms with van der Waals surface area (Å²) in [6.45, 7) is 2.02. The highest BCUT2D eigenvalue weighted by atomic mass is 35.5. The van der Waals surface area contributed by atoms with E-state index in [1.165, 1.54) is 18.2 Å².